The second-order valence-corrected chi connectivity index (χ2v) is 8.76. The number of piperidine rings is 3. The Morgan fingerprint density at radius 1 is 1.06 bits per heavy atom. The molecule has 3 fully saturated rings. The van der Waals surface area contributed by atoms with Crippen molar-refractivity contribution in [1.82, 2.24) is 15.3 Å². The topological polar surface area (TPSA) is 79.6 Å². The predicted molar refractivity (Wildman–Crippen MR) is 124 cm³/mol. The van der Waals surface area contributed by atoms with Crippen LogP contribution >= 0.6 is 0 Å². The third-order valence-corrected chi connectivity index (χ3v) is 6.67. The van der Waals surface area contributed by atoms with Gasteiger partial charge < -0.3 is 21.2 Å². The van der Waals surface area contributed by atoms with Gasteiger partial charge in [0.25, 0.3) is 5.91 Å². The Labute approximate surface area is 221 Å². The van der Waals surface area contributed by atoms with Gasteiger partial charge in [-0.05, 0) is 86.1 Å². The summed E-state index contributed by atoms with van der Waals surface area (Å²) in [5.41, 5.74) is 10.8. The predicted octanol–water partition coefficient (Wildman–Crippen LogP) is 4.14. The van der Waals surface area contributed by atoms with Crippen molar-refractivity contribution < 1.29 is 47.1 Å². The van der Waals surface area contributed by atoms with E-state index >= 15 is 0 Å². The molecule has 8 heteroatoms. The van der Waals surface area contributed by atoms with Crippen molar-refractivity contribution in [3.05, 3.63) is 76.8 Å². The Kier molecular flexibility index (Phi) is 11.6. The van der Waals surface area contributed by atoms with Crippen LogP contribution < -0.4 is 5.32 Å². The van der Waals surface area contributed by atoms with Crippen LogP contribution in [0.25, 0.3) is 5.73 Å². The first-order valence-electron chi connectivity index (χ1n) is 11.3. The number of halogens is 1. The number of rotatable bonds is 2. The van der Waals surface area contributed by atoms with Crippen LogP contribution in [0.4, 0.5) is 4.39 Å². The van der Waals surface area contributed by atoms with Crippen LogP contribution in [0.5, 0.6) is 0 Å². The van der Waals surface area contributed by atoms with Crippen molar-refractivity contribution in [3.63, 3.8) is 0 Å². The fourth-order valence-electron chi connectivity index (χ4n) is 4.40. The molecular weight excluding hydrogens is 496 g/mol. The third kappa shape index (κ3) is 8.20. The second kappa shape index (κ2) is 13.6. The molecule has 2 aromatic rings. The number of amides is 1. The van der Waals surface area contributed by atoms with Gasteiger partial charge in [-0.1, -0.05) is 24.3 Å². The summed E-state index contributed by atoms with van der Waals surface area (Å²) in [6.45, 7) is 5.63. The quantitative estimate of drug-likeness (QED) is 0.612. The third-order valence-electron chi connectivity index (χ3n) is 6.67. The average molecular weight is 530 g/mol. The first-order valence-corrected chi connectivity index (χ1v) is 11.3. The first-order chi connectivity index (χ1) is 15.4. The van der Waals surface area contributed by atoms with Crippen LogP contribution in [0, 0.1) is 11.2 Å². The van der Waals surface area contributed by atoms with Gasteiger partial charge >= 0.3 is 0 Å². The maximum atomic E-state index is 11.9. The molecule has 3 saturated heterocycles. The van der Waals surface area contributed by atoms with Crippen LogP contribution in [0.2, 0.25) is 0 Å². The molecule has 0 saturated carbocycles. The van der Waals surface area contributed by atoms with E-state index in [1.807, 2.05) is 12.1 Å². The monoisotopic (exact) mass is 530 g/mol. The summed E-state index contributed by atoms with van der Waals surface area (Å²) in [7, 11) is 1.62. The number of carbonyl (C=O) groups is 1. The van der Waals surface area contributed by atoms with E-state index in [0.717, 1.165) is 17.5 Å². The van der Waals surface area contributed by atoms with E-state index in [4.69, 9.17) is 5.73 Å². The average Bonchev–Trinajstić information content (AvgIpc) is 2.85. The zero-order valence-corrected chi connectivity index (χ0v) is 22.2. The molecule has 3 N–H and O–H groups in total. The number of benzene rings is 2. The van der Waals surface area contributed by atoms with E-state index in [1.165, 1.54) is 56.1 Å². The van der Waals surface area contributed by atoms with Gasteiger partial charge in [0.15, 0.2) is 0 Å². The summed E-state index contributed by atoms with van der Waals surface area (Å²) in [4.78, 5) is 13.9. The molecule has 6 rings (SSSR count). The van der Waals surface area contributed by atoms with Crippen molar-refractivity contribution >= 4 is 5.91 Å². The number of hydroxylamine groups is 2. The molecule has 1 radical (unpaired) electrons. The molecule has 0 aromatic heterocycles. The van der Waals surface area contributed by atoms with E-state index < -0.39 is 0 Å². The molecule has 0 spiro atoms. The Balaban J connectivity index is 0.000000185. The van der Waals surface area contributed by atoms with Gasteiger partial charge in [0.2, 0.25) is 0 Å². The standard InChI is InChI=1S/C11H14N2O2.C8H15N2.C6H5F.Y/c1-12-11(14)9-2-3-10-7-13(15)5-4-8(10)6-9;9-7-8-1-4-10(5-2-8)6-3-8;7-6-4-2-1-3-5-6;/h2-3,6,15H,4-5,7H2,1H3,(H,12,14);9H,1-7H2;1-5H;/q;-1;;. The number of hydrogen-bond donors (Lipinski definition) is 2. The summed E-state index contributed by atoms with van der Waals surface area (Å²) in [6.07, 6.45) is 4.65. The smallest absolute Gasteiger partial charge is 0.251 e. The van der Waals surface area contributed by atoms with E-state index in [2.05, 4.69) is 10.2 Å². The molecule has 4 heterocycles. The number of hydrogen-bond acceptors (Lipinski definition) is 4. The molecular formula is C25H34FN4O2Y-. The molecule has 2 bridgehead atoms. The number of nitrogens with one attached hydrogen (secondary N) is 2. The molecule has 2 aromatic carbocycles. The fourth-order valence-corrected chi connectivity index (χ4v) is 4.40. The van der Waals surface area contributed by atoms with Gasteiger partial charge in [-0.25, -0.2) is 4.39 Å². The minimum absolute atomic E-state index is 0. The maximum absolute atomic E-state index is 11.9. The summed E-state index contributed by atoms with van der Waals surface area (Å²) in [5, 5.41) is 13.2. The Morgan fingerprint density at radius 2 is 1.70 bits per heavy atom. The van der Waals surface area contributed by atoms with Crippen LogP contribution in [-0.4, -0.2) is 60.8 Å². The van der Waals surface area contributed by atoms with Crippen molar-refractivity contribution in [2.45, 2.75) is 32.2 Å². The van der Waals surface area contributed by atoms with E-state index in [1.54, 1.807) is 31.3 Å². The van der Waals surface area contributed by atoms with Crippen LogP contribution in [0.15, 0.2) is 48.5 Å². The van der Waals surface area contributed by atoms with Crippen molar-refractivity contribution in [2.75, 3.05) is 39.8 Å². The number of fused-ring (bicyclic) bond motifs is 4. The Hall–Kier alpha value is -1.22. The minimum atomic E-state index is -0.178. The molecule has 4 aliphatic rings. The van der Waals surface area contributed by atoms with Gasteiger partial charge in [-0.2, -0.15) is 5.06 Å². The largest absolute Gasteiger partial charge is 0.677 e. The zero-order chi connectivity index (χ0) is 23.0. The molecule has 0 aliphatic carbocycles. The first kappa shape index (κ1) is 28.0. The van der Waals surface area contributed by atoms with Crippen LogP contribution in [-0.2, 0) is 45.7 Å². The summed E-state index contributed by atoms with van der Waals surface area (Å²) in [6, 6.07) is 13.5. The van der Waals surface area contributed by atoms with Gasteiger partial charge in [-0.3, -0.25) is 4.79 Å². The normalized spacial score (nSPS) is 23.0. The molecule has 1 amide bonds. The van der Waals surface area contributed by atoms with Gasteiger partial charge in [-0.15, -0.1) is 6.54 Å². The van der Waals surface area contributed by atoms with Crippen molar-refractivity contribution in [1.29, 1.82) is 0 Å². The molecule has 4 aliphatic heterocycles. The Bertz CT molecular complexity index is 862. The van der Waals surface area contributed by atoms with Crippen molar-refractivity contribution in [3.8, 4) is 0 Å². The number of carbonyl (C=O) groups excluding carboxylic acids is 1. The van der Waals surface area contributed by atoms with E-state index in [0.29, 0.717) is 30.6 Å². The summed E-state index contributed by atoms with van der Waals surface area (Å²) < 4.78 is 11.9. The van der Waals surface area contributed by atoms with Crippen LogP contribution in [0.1, 0.15) is 40.7 Å². The summed E-state index contributed by atoms with van der Waals surface area (Å²) >= 11 is 0. The Morgan fingerprint density at radius 3 is 2.18 bits per heavy atom. The molecule has 6 nitrogen and oxygen atoms in total. The molecule has 33 heavy (non-hydrogen) atoms. The minimum Gasteiger partial charge on any atom is -0.677 e. The van der Waals surface area contributed by atoms with Gasteiger partial charge in [0.05, 0.1) is 0 Å². The maximum Gasteiger partial charge on any atom is 0.251 e. The number of nitrogens with zero attached hydrogens (tertiary/aromatic N) is 2. The SMILES string of the molecule is CNC(=O)c1ccc2c(c1)CCN(O)C2.Fc1ccccc1.[NH-]CC12CCN(CC1)CC2.[Y]. The van der Waals surface area contributed by atoms with Gasteiger partial charge in [0, 0.05) is 58.4 Å². The van der Waals surface area contributed by atoms with E-state index in [-0.39, 0.29) is 44.4 Å². The van der Waals surface area contributed by atoms with Crippen molar-refractivity contribution in [2.24, 2.45) is 5.41 Å². The van der Waals surface area contributed by atoms with E-state index in [9.17, 15) is 14.4 Å². The fraction of sp³-hybridized carbons (Fsp3) is 0.480. The second-order valence-electron chi connectivity index (χ2n) is 8.76. The van der Waals surface area contributed by atoms with Crippen LogP contribution in [0.3, 0.4) is 0 Å². The molecule has 177 valence electrons. The molecule has 0 atom stereocenters. The van der Waals surface area contributed by atoms with Gasteiger partial charge in [0.1, 0.15) is 5.82 Å². The molecule has 0 unspecified atom stereocenters. The zero-order valence-electron chi connectivity index (χ0n) is 19.4. The summed E-state index contributed by atoms with van der Waals surface area (Å²) in [5.74, 6) is -0.244.